The Morgan fingerprint density at radius 2 is 1.85 bits per heavy atom. The molecule has 4 heterocycles. The number of nitrogens with zero attached hydrogens (tertiary/aromatic N) is 3. The summed E-state index contributed by atoms with van der Waals surface area (Å²) < 4.78 is 21.0. The average Bonchev–Trinajstić information content (AvgIpc) is 3.42. The fraction of sp³-hybridized carbons (Fsp3) is 0.345. The van der Waals surface area contributed by atoms with Gasteiger partial charge in [-0.15, -0.1) is 0 Å². The standard InChI is InChI=1S/C29H24Cl2FN3O3S/c30-20-2-1-3-21(31)24(20)25-19(27(38-34-25)15-5-6-15)9-4-14-10-17-7-8-18(11-14)35(17)29-33-26-22(32)12-16(28(36)37)13-23(26)39-29/h1-4,9,12-15,17-18H,5-8,10-11H2,(H,36,37)/b9-4-. The van der Waals surface area contributed by atoms with Gasteiger partial charge in [0.25, 0.3) is 0 Å². The molecule has 39 heavy (non-hydrogen) atoms. The van der Waals surface area contributed by atoms with Crippen LogP contribution in [0, 0.1) is 11.7 Å². The average molecular weight is 585 g/mol. The lowest BCUT2D eigenvalue weighted by atomic mass is 9.90. The summed E-state index contributed by atoms with van der Waals surface area (Å²) in [5.74, 6) is -0.0932. The Morgan fingerprint density at radius 1 is 1.13 bits per heavy atom. The van der Waals surface area contributed by atoms with Crippen molar-refractivity contribution in [2.24, 2.45) is 5.92 Å². The molecule has 2 aliphatic heterocycles. The van der Waals surface area contributed by atoms with Crippen LogP contribution in [0.5, 0.6) is 0 Å². The van der Waals surface area contributed by atoms with E-state index in [0.29, 0.717) is 49.9 Å². The Kier molecular flexibility index (Phi) is 6.17. The SMILES string of the molecule is O=C(O)c1cc(F)c2nc(N3C4CCC3CC(/C=C\c3c(-c5c(Cl)cccc5Cl)noc3C3CC3)C4)sc2c1. The zero-order chi connectivity index (χ0) is 26.8. The number of thiazole rings is 1. The predicted molar refractivity (Wildman–Crippen MR) is 152 cm³/mol. The normalized spacial score (nSPS) is 22.8. The summed E-state index contributed by atoms with van der Waals surface area (Å²) in [6.45, 7) is 0. The Hall–Kier alpha value is -2.94. The fourth-order valence-electron chi connectivity index (χ4n) is 6.15. The highest BCUT2D eigenvalue weighted by atomic mass is 35.5. The molecule has 10 heteroatoms. The Bertz CT molecular complexity index is 1610. The molecule has 2 aromatic carbocycles. The van der Waals surface area contributed by atoms with Crippen molar-refractivity contribution in [3.8, 4) is 11.3 Å². The molecule has 200 valence electrons. The Labute approximate surface area is 238 Å². The zero-order valence-electron chi connectivity index (χ0n) is 20.7. The largest absolute Gasteiger partial charge is 0.478 e. The fourth-order valence-corrected chi connectivity index (χ4v) is 7.89. The van der Waals surface area contributed by atoms with Crippen LogP contribution < -0.4 is 4.90 Å². The number of piperidine rings is 1. The predicted octanol–water partition coefficient (Wildman–Crippen LogP) is 8.43. The van der Waals surface area contributed by atoms with E-state index in [1.807, 2.05) is 18.2 Å². The van der Waals surface area contributed by atoms with Crippen LogP contribution in [0.4, 0.5) is 9.52 Å². The van der Waals surface area contributed by atoms with Crippen molar-refractivity contribution < 1.29 is 18.8 Å². The number of fused-ring (bicyclic) bond motifs is 3. The molecule has 1 aliphatic carbocycles. The van der Waals surface area contributed by atoms with Crippen molar-refractivity contribution in [1.82, 2.24) is 10.1 Å². The number of carboxylic acid groups (broad SMARTS) is 1. The number of halogens is 3. The van der Waals surface area contributed by atoms with Gasteiger partial charge in [0.2, 0.25) is 0 Å². The van der Waals surface area contributed by atoms with Crippen molar-refractivity contribution in [1.29, 1.82) is 0 Å². The first-order chi connectivity index (χ1) is 18.9. The smallest absolute Gasteiger partial charge is 0.335 e. The van der Waals surface area contributed by atoms with E-state index in [9.17, 15) is 14.3 Å². The molecule has 0 spiro atoms. The minimum atomic E-state index is -1.14. The molecule has 0 radical (unpaired) electrons. The maximum atomic E-state index is 14.6. The van der Waals surface area contributed by atoms with Gasteiger partial charge in [-0.25, -0.2) is 14.2 Å². The topological polar surface area (TPSA) is 79.5 Å². The number of allylic oxidation sites excluding steroid dienone is 1. The molecule has 6 nitrogen and oxygen atoms in total. The zero-order valence-corrected chi connectivity index (χ0v) is 23.1. The first-order valence-corrected chi connectivity index (χ1v) is 14.7. The van der Waals surface area contributed by atoms with Crippen LogP contribution in [0.15, 0.2) is 40.9 Å². The number of rotatable bonds is 6. The van der Waals surface area contributed by atoms with Crippen molar-refractivity contribution in [2.75, 3.05) is 4.90 Å². The van der Waals surface area contributed by atoms with Gasteiger partial charge in [0, 0.05) is 29.1 Å². The number of benzene rings is 2. The molecule has 4 aromatic rings. The number of carboxylic acids is 1. The third-order valence-corrected chi connectivity index (χ3v) is 9.76. The van der Waals surface area contributed by atoms with Gasteiger partial charge in [0.15, 0.2) is 10.9 Å². The second kappa shape index (κ2) is 9.61. The van der Waals surface area contributed by atoms with E-state index in [4.69, 9.17) is 27.7 Å². The van der Waals surface area contributed by atoms with Gasteiger partial charge < -0.3 is 14.5 Å². The van der Waals surface area contributed by atoms with E-state index < -0.39 is 11.8 Å². The highest BCUT2D eigenvalue weighted by Crippen LogP contribution is 2.48. The van der Waals surface area contributed by atoms with Crippen molar-refractivity contribution in [2.45, 2.75) is 56.5 Å². The maximum Gasteiger partial charge on any atom is 0.335 e. The monoisotopic (exact) mass is 583 g/mol. The summed E-state index contributed by atoms with van der Waals surface area (Å²) in [5.41, 5.74) is 2.52. The van der Waals surface area contributed by atoms with E-state index in [0.717, 1.165) is 61.0 Å². The van der Waals surface area contributed by atoms with Gasteiger partial charge in [0.1, 0.15) is 17.0 Å². The van der Waals surface area contributed by atoms with Crippen LogP contribution in [0.25, 0.3) is 27.6 Å². The summed E-state index contributed by atoms with van der Waals surface area (Å²) in [5, 5.41) is 15.6. The number of carbonyl (C=O) groups is 1. The summed E-state index contributed by atoms with van der Waals surface area (Å²) in [7, 11) is 0. The summed E-state index contributed by atoms with van der Waals surface area (Å²) in [6, 6.07) is 8.59. The van der Waals surface area contributed by atoms with Crippen LogP contribution in [0.3, 0.4) is 0 Å². The molecule has 2 saturated heterocycles. The molecule has 2 atom stereocenters. The Morgan fingerprint density at radius 3 is 2.51 bits per heavy atom. The minimum absolute atomic E-state index is 0.0567. The summed E-state index contributed by atoms with van der Waals surface area (Å²) >= 11 is 14.4. The van der Waals surface area contributed by atoms with E-state index in [1.165, 1.54) is 17.4 Å². The second-order valence-electron chi connectivity index (χ2n) is 10.7. The summed E-state index contributed by atoms with van der Waals surface area (Å²) in [4.78, 5) is 18.3. The third-order valence-electron chi connectivity index (χ3n) is 8.11. The first kappa shape index (κ1) is 25.1. The van der Waals surface area contributed by atoms with Crippen LogP contribution in [0.1, 0.15) is 66.1 Å². The Balaban J connectivity index is 1.16. The van der Waals surface area contributed by atoms with Gasteiger partial charge in [-0.05, 0) is 68.7 Å². The molecule has 1 saturated carbocycles. The van der Waals surface area contributed by atoms with Crippen LogP contribution in [-0.4, -0.2) is 33.3 Å². The van der Waals surface area contributed by atoms with E-state index in [1.54, 1.807) is 0 Å². The van der Waals surface area contributed by atoms with E-state index in [2.05, 4.69) is 27.2 Å². The first-order valence-electron chi connectivity index (χ1n) is 13.1. The molecular weight excluding hydrogens is 560 g/mol. The molecule has 3 fully saturated rings. The van der Waals surface area contributed by atoms with Crippen molar-refractivity contribution in [3.05, 3.63) is 69.2 Å². The second-order valence-corrected chi connectivity index (χ2v) is 12.5. The van der Waals surface area contributed by atoms with Crippen LogP contribution >= 0.6 is 34.5 Å². The molecule has 2 unspecified atom stereocenters. The molecule has 7 rings (SSSR count). The van der Waals surface area contributed by atoms with Gasteiger partial charge >= 0.3 is 5.97 Å². The van der Waals surface area contributed by atoms with Crippen molar-refractivity contribution in [3.63, 3.8) is 0 Å². The lowest BCUT2D eigenvalue weighted by molar-refractivity contribution is 0.0696. The van der Waals surface area contributed by atoms with Gasteiger partial charge in [-0.2, -0.15) is 0 Å². The molecular formula is C29H24Cl2FN3O3S. The quantitative estimate of drug-likeness (QED) is 0.245. The maximum absolute atomic E-state index is 14.6. The highest BCUT2D eigenvalue weighted by molar-refractivity contribution is 7.22. The van der Waals surface area contributed by atoms with Gasteiger partial charge in [-0.3, -0.25) is 0 Å². The molecule has 3 aliphatic rings. The van der Waals surface area contributed by atoms with Crippen LogP contribution in [0.2, 0.25) is 10.0 Å². The molecule has 2 aromatic heterocycles. The number of anilines is 1. The summed E-state index contributed by atoms with van der Waals surface area (Å²) in [6.07, 6.45) is 10.6. The van der Waals surface area contributed by atoms with Gasteiger partial charge in [0.05, 0.1) is 20.3 Å². The number of aromatic carboxylic acids is 1. The lowest BCUT2D eigenvalue weighted by Gasteiger charge is -2.38. The van der Waals surface area contributed by atoms with Gasteiger partial charge in [-0.1, -0.05) is 57.9 Å². The van der Waals surface area contributed by atoms with E-state index >= 15 is 0 Å². The lowest BCUT2D eigenvalue weighted by Crippen LogP contribution is -2.42. The van der Waals surface area contributed by atoms with E-state index in [-0.39, 0.29) is 11.1 Å². The number of hydrogen-bond acceptors (Lipinski definition) is 6. The molecule has 2 bridgehead atoms. The number of hydrogen-bond donors (Lipinski definition) is 1. The van der Waals surface area contributed by atoms with Crippen LogP contribution in [-0.2, 0) is 0 Å². The van der Waals surface area contributed by atoms with Crippen molar-refractivity contribution >= 4 is 61.9 Å². The highest BCUT2D eigenvalue weighted by Gasteiger charge is 2.42. The number of aromatic nitrogens is 2. The third kappa shape index (κ3) is 4.42. The minimum Gasteiger partial charge on any atom is -0.478 e. The molecule has 0 amide bonds. The molecule has 1 N–H and O–H groups in total.